The number of amides is 2. The van der Waals surface area contributed by atoms with Gasteiger partial charge in [-0.1, -0.05) is 47.3 Å². The predicted octanol–water partition coefficient (Wildman–Crippen LogP) is 6.93. The zero-order valence-corrected chi connectivity index (χ0v) is 24.5. The number of carbonyl (C=O) groups is 2. The third-order valence-electron chi connectivity index (χ3n) is 9.08. The minimum Gasteiger partial charge on any atom is -0.371 e. The largest absolute Gasteiger partial charge is 0.371 e. The lowest BCUT2D eigenvalue weighted by Crippen LogP contribution is -2.53. The van der Waals surface area contributed by atoms with Crippen LogP contribution in [0.25, 0.3) is 0 Å². The number of hydrogen-bond donors (Lipinski definition) is 0. The van der Waals surface area contributed by atoms with Crippen molar-refractivity contribution >= 4 is 52.3 Å². The summed E-state index contributed by atoms with van der Waals surface area (Å²) in [5.74, 6) is 1.53. The van der Waals surface area contributed by atoms with Crippen LogP contribution in [0.3, 0.4) is 0 Å². The molecular formula is C30H36Cl3N3O2. The summed E-state index contributed by atoms with van der Waals surface area (Å²) in [6, 6.07) is 11.5. The molecular weight excluding hydrogens is 541 g/mol. The Labute approximate surface area is 241 Å². The van der Waals surface area contributed by atoms with Gasteiger partial charge in [-0.05, 0) is 86.3 Å². The van der Waals surface area contributed by atoms with Crippen LogP contribution >= 0.6 is 34.8 Å². The molecule has 3 fully saturated rings. The molecule has 0 bridgehead atoms. The van der Waals surface area contributed by atoms with Gasteiger partial charge < -0.3 is 14.7 Å². The molecule has 0 N–H and O–H groups in total. The second kappa shape index (κ2) is 11.3. The van der Waals surface area contributed by atoms with Crippen LogP contribution in [-0.2, 0) is 10.2 Å². The molecule has 0 unspecified atom stereocenters. The Morgan fingerprint density at radius 2 is 1.45 bits per heavy atom. The Morgan fingerprint density at radius 3 is 1.97 bits per heavy atom. The molecule has 2 saturated heterocycles. The lowest BCUT2D eigenvalue weighted by molar-refractivity contribution is -0.142. The molecule has 0 aromatic heterocycles. The summed E-state index contributed by atoms with van der Waals surface area (Å²) in [6.45, 7) is 3.65. The van der Waals surface area contributed by atoms with Gasteiger partial charge in [0.05, 0.1) is 26.0 Å². The van der Waals surface area contributed by atoms with Crippen LogP contribution in [0.15, 0.2) is 36.4 Å². The van der Waals surface area contributed by atoms with Crippen molar-refractivity contribution in [1.82, 2.24) is 9.80 Å². The van der Waals surface area contributed by atoms with Gasteiger partial charge in [-0.15, -0.1) is 0 Å². The van der Waals surface area contributed by atoms with E-state index in [4.69, 9.17) is 34.8 Å². The molecule has 204 valence electrons. The molecule has 0 spiro atoms. The molecule has 38 heavy (non-hydrogen) atoms. The molecule has 1 aliphatic carbocycles. The van der Waals surface area contributed by atoms with Gasteiger partial charge in [-0.25, -0.2) is 0 Å². The maximum atomic E-state index is 13.7. The Bertz CT molecular complexity index is 1200. The van der Waals surface area contributed by atoms with E-state index in [-0.39, 0.29) is 11.8 Å². The van der Waals surface area contributed by atoms with E-state index in [0.717, 1.165) is 82.4 Å². The van der Waals surface area contributed by atoms with Crippen molar-refractivity contribution in [2.24, 2.45) is 11.8 Å². The highest BCUT2D eigenvalue weighted by Gasteiger charge is 2.48. The fourth-order valence-electron chi connectivity index (χ4n) is 6.57. The highest BCUT2D eigenvalue weighted by Crippen LogP contribution is 2.47. The SMILES string of the molecule is CN(C)C(=O)c1ccc(N2CCC(C3CCN(C(=O)C4(c5ccc(Cl)c(Cl)c5)CCC4)CC3)CC2)cc1Cl. The van der Waals surface area contributed by atoms with Gasteiger partial charge in [0.2, 0.25) is 5.91 Å². The van der Waals surface area contributed by atoms with Crippen LogP contribution in [0.5, 0.6) is 0 Å². The van der Waals surface area contributed by atoms with Crippen molar-refractivity contribution in [3.05, 3.63) is 62.6 Å². The predicted molar refractivity (Wildman–Crippen MR) is 156 cm³/mol. The Kier molecular flexibility index (Phi) is 8.19. The fourth-order valence-corrected chi connectivity index (χ4v) is 7.12. The van der Waals surface area contributed by atoms with Crippen LogP contribution in [0.4, 0.5) is 5.69 Å². The van der Waals surface area contributed by atoms with E-state index < -0.39 is 5.41 Å². The Hall–Kier alpha value is -1.95. The van der Waals surface area contributed by atoms with E-state index in [9.17, 15) is 9.59 Å². The number of piperidine rings is 2. The number of hydrogen-bond acceptors (Lipinski definition) is 3. The first kappa shape index (κ1) is 27.6. The number of halogens is 3. The monoisotopic (exact) mass is 575 g/mol. The van der Waals surface area contributed by atoms with E-state index in [2.05, 4.69) is 9.80 Å². The van der Waals surface area contributed by atoms with Gasteiger partial charge in [0, 0.05) is 46.0 Å². The topological polar surface area (TPSA) is 43.9 Å². The summed E-state index contributed by atoms with van der Waals surface area (Å²) < 4.78 is 0. The summed E-state index contributed by atoms with van der Waals surface area (Å²) in [7, 11) is 3.47. The van der Waals surface area contributed by atoms with Crippen LogP contribution in [0, 0.1) is 11.8 Å². The molecule has 5 rings (SSSR count). The van der Waals surface area contributed by atoms with Gasteiger partial charge in [-0.3, -0.25) is 9.59 Å². The van der Waals surface area contributed by atoms with Crippen molar-refractivity contribution < 1.29 is 9.59 Å². The van der Waals surface area contributed by atoms with Gasteiger partial charge in [0.25, 0.3) is 5.91 Å². The number of likely N-dealkylation sites (tertiary alicyclic amines) is 1. The number of carbonyl (C=O) groups excluding carboxylic acids is 2. The molecule has 2 amide bonds. The minimum atomic E-state index is -0.430. The van der Waals surface area contributed by atoms with E-state index in [1.807, 2.05) is 36.4 Å². The molecule has 2 aromatic rings. The lowest BCUT2D eigenvalue weighted by Gasteiger charge is -2.47. The van der Waals surface area contributed by atoms with Crippen molar-refractivity contribution in [2.45, 2.75) is 50.4 Å². The zero-order valence-electron chi connectivity index (χ0n) is 22.2. The second-order valence-electron chi connectivity index (χ2n) is 11.4. The molecule has 0 radical (unpaired) electrons. The highest BCUT2D eigenvalue weighted by atomic mass is 35.5. The highest BCUT2D eigenvalue weighted by molar-refractivity contribution is 6.42. The fraction of sp³-hybridized carbons (Fsp3) is 0.533. The van der Waals surface area contributed by atoms with Crippen molar-refractivity contribution in [3.63, 3.8) is 0 Å². The molecule has 2 aliphatic heterocycles. The molecule has 3 aliphatic rings. The number of anilines is 1. The molecule has 8 heteroatoms. The number of benzene rings is 2. The maximum absolute atomic E-state index is 13.7. The van der Waals surface area contributed by atoms with E-state index in [1.54, 1.807) is 19.0 Å². The number of nitrogens with zero attached hydrogens (tertiary/aromatic N) is 3. The first-order valence-electron chi connectivity index (χ1n) is 13.7. The zero-order chi connectivity index (χ0) is 27.0. The van der Waals surface area contributed by atoms with Crippen molar-refractivity contribution in [2.75, 3.05) is 45.2 Å². The first-order valence-corrected chi connectivity index (χ1v) is 14.8. The van der Waals surface area contributed by atoms with Crippen molar-refractivity contribution in [3.8, 4) is 0 Å². The summed E-state index contributed by atoms with van der Waals surface area (Å²) >= 11 is 18.9. The second-order valence-corrected chi connectivity index (χ2v) is 12.6. The normalized spacial score (nSPS) is 20.2. The standard InChI is InChI=1S/C30H36Cl3N3O2/c1-34(2)28(37)24-6-5-23(19-26(24)32)35-14-8-20(9-15-35)21-10-16-36(17-11-21)29(38)30(12-3-13-30)22-4-7-25(31)27(33)18-22/h4-7,18-21H,3,8-17H2,1-2H3. The number of rotatable bonds is 5. The van der Waals surface area contributed by atoms with E-state index in [0.29, 0.717) is 32.5 Å². The maximum Gasteiger partial charge on any atom is 0.254 e. The first-order chi connectivity index (χ1) is 18.2. The van der Waals surface area contributed by atoms with Crippen LogP contribution in [0.2, 0.25) is 15.1 Å². The Balaban J connectivity index is 1.15. The smallest absolute Gasteiger partial charge is 0.254 e. The van der Waals surface area contributed by atoms with Crippen LogP contribution < -0.4 is 4.90 Å². The third-order valence-corrected chi connectivity index (χ3v) is 10.1. The molecule has 5 nitrogen and oxygen atoms in total. The molecule has 2 aromatic carbocycles. The minimum absolute atomic E-state index is 0.0784. The van der Waals surface area contributed by atoms with Crippen LogP contribution in [-0.4, -0.2) is 61.9 Å². The summed E-state index contributed by atoms with van der Waals surface area (Å²) in [5.41, 5.74) is 2.20. The van der Waals surface area contributed by atoms with Gasteiger partial charge in [0.1, 0.15) is 0 Å². The lowest BCUT2D eigenvalue weighted by atomic mass is 9.63. The van der Waals surface area contributed by atoms with Gasteiger partial charge >= 0.3 is 0 Å². The van der Waals surface area contributed by atoms with E-state index >= 15 is 0 Å². The average molecular weight is 577 g/mol. The molecule has 0 atom stereocenters. The quantitative estimate of drug-likeness (QED) is 0.388. The van der Waals surface area contributed by atoms with Crippen molar-refractivity contribution in [1.29, 1.82) is 0 Å². The summed E-state index contributed by atoms with van der Waals surface area (Å²) in [5, 5.41) is 1.56. The van der Waals surface area contributed by atoms with E-state index in [1.165, 1.54) is 0 Å². The Morgan fingerprint density at radius 1 is 0.816 bits per heavy atom. The summed E-state index contributed by atoms with van der Waals surface area (Å²) in [4.78, 5) is 32.1. The molecule has 2 heterocycles. The average Bonchev–Trinajstić information content (AvgIpc) is 2.89. The molecule has 1 saturated carbocycles. The van der Waals surface area contributed by atoms with Crippen LogP contribution in [0.1, 0.15) is 60.9 Å². The van der Waals surface area contributed by atoms with Gasteiger partial charge in [-0.2, -0.15) is 0 Å². The summed E-state index contributed by atoms with van der Waals surface area (Å²) in [6.07, 6.45) is 7.26. The van der Waals surface area contributed by atoms with Gasteiger partial charge in [0.15, 0.2) is 0 Å². The third kappa shape index (κ3) is 5.26.